The Hall–Kier alpha value is -5.90. The molecule has 4 aromatic carbocycles. The summed E-state index contributed by atoms with van der Waals surface area (Å²) in [6.07, 6.45) is 3.81. The Balaban J connectivity index is 0.000000310. The second-order valence-corrected chi connectivity index (χ2v) is 15.6. The van der Waals surface area contributed by atoms with Crippen molar-refractivity contribution >= 4 is 24.1 Å². The first kappa shape index (κ1) is 46.5. The van der Waals surface area contributed by atoms with E-state index in [0.29, 0.717) is 32.5 Å². The predicted octanol–water partition coefficient (Wildman–Crippen LogP) is 10.0. The van der Waals surface area contributed by atoms with E-state index in [4.69, 9.17) is 18.9 Å². The van der Waals surface area contributed by atoms with Gasteiger partial charge in [-0.25, -0.2) is 14.4 Å². The minimum absolute atomic E-state index is 0.225. The van der Waals surface area contributed by atoms with Gasteiger partial charge in [0.05, 0.1) is 19.3 Å². The first-order chi connectivity index (χ1) is 27.5. The average Bonchev–Trinajstić information content (AvgIpc) is 3.16. The van der Waals surface area contributed by atoms with E-state index in [1.807, 2.05) is 81.4 Å². The van der Waals surface area contributed by atoms with Crippen molar-refractivity contribution < 1.29 is 38.1 Å². The van der Waals surface area contributed by atoms with E-state index < -0.39 is 35.4 Å². The Bertz CT molecular complexity index is 1880. The number of hydrogen-bond donors (Lipinski definition) is 2. The van der Waals surface area contributed by atoms with Gasteiger partial charge in [0.25, 0.3) is 0 Å². The van der Waals surface area contributed by atoms with E-state index in [2.05, 4.69) is 59.2 Å². The molecule has 0 radical (unpaired) electrons. The van der Waals surface area contributed by atoms with Gasteiger partial charge in [-0.1, -0.05) is 115 Å². The monoisotopic (exact) mass is 792 g/mol. The molecular weight excluding hydrogens is 733 g/mol. The molecule has 0 aliphatic carbocycles. The lowest BCUT2D eigenvalue weighted by Gasteiger charge is -2.23. The number of hydrogen-bond acceptors (Lipinski definition) is 8. The van der Waals surface area contributed by atoms with Gasteiger partial charge in [0.15, 0.2) is 0 Å². The third kappa shape index (κ3) is 18.8. The number of rotatable bonds is 15. The van der Waals surface area contributed by atoms with Crippen LogP contribution in [0, 0.1) is 0 Å². The number of ether oxygens (including phenoxy) is 4. The second kappa shape index (κ2) is 23.4. The molecule has 10 heteroatoms. The molecule has 0 saturated heterocycles. The summed E-state index contributed by atoms with van der Waals surface area (Å²) in [6.45, 7) is 15.1. The maximum absolute atomic E-state index is 12.2. The van der Waals surface area contributed by atoms with Crippen molar-refractivity contribution in [1.82, 2.24) is 10.6 Å². The van der Waals surface area contributed by atoms with Gasteiger partial charge in [-0.15, -0.1) is 0 Å². The Morgan fingerprint density at radius 3 is 1.45 bits per heavy atom. The summed E-state index contributed by atoms with van der Waals surface area (Å²) in [6, 6.07) is 36.0. The van der Waals surface area contributed by atoms with Crippen LogP contribution in [0.15, 0.2) is 121 Å². The number of benzene rings is 4. The van der Waals surface area contributed by atoms with E-state index in [0.717, 1.165) is 33.4 Å². The van der Waals surface area contributed by atoms with Crippen LogP contribution in [0.3, 0.4) is 0 Å². The van der Waals surface area contributed by atoms with Crippen LogP contribution in [0.25, 0.3) is 22.3 Å². The third-order valence-corrected chi connectivity index (χ3v) is 8.24. The van der Waals surface area contributed by atoms with Crippen LogP contribution in [-0.2, 0) is 41.4 Å². The van der Waals surface area contributed by atoms with Crippen molar-refractivity contribution in [2.24, 2.45) is 0 Å². The molecular formula is C48H60N2O8. The van der Waals surface area contributed by atoms with E-state index in [-0.39, 0.29) is 18.4 Å². The van der Waals surface area contributed by atoms with Crippen molar-refractivity contribution in [3.8, 4) is 22.3 Å². The molecule has 0 bridgehead atoms. The second-order valence-electron chi connectivity index (χ2n) is 15.6. The molecule has 0 fully saturated rings. The van der Waals surface area contributed by atoms with Gasteiger partial charge < -0.3 is 29.6 Å². The molecule has 0 heterocycles. The third-order valence-electron chi connectivity index (χ3n) is 8.24. The Labute approximate surface area is 344 Å². The lowest BCUT2D eigenvalue weighted by Crippen LogP contribution is -2.40. The van der Waals surface area contributed by atoms with E-state index in [1.54, 1.807) is 40.7 Å². The fourth-order valence-corrected chi connectivity index (χ4v) is 5.70. The maximum Gasteiger partial charge on any atom is 0.408 e. The smallest absolute Gasteiger partial charge is 0.408 e. The predicted molar refractivity (Wildman–Crippen MR) is 229 cm³/mol. The zero-order chi connectivity index (χ0) is 42.6. The lowest BCUT2D eigenvalue weighted by molar-refractivity contribution is -0.143. The van der Waals surface area contributed by atoms with Crippen LogP contribution >= 0.6 is 0 Å². The fourth-order valence-electron chi connectivity index (χ4n) is 5.70. The summed E-state index contributed by atoms with van der Waals surface area (Å²) >= 11 is 0. The molecule has 58 heavy (non-hydrogen) atoms. The Morgan fingerprint density at radius 1 is 0.569 bits per heavy atom. The number of alkyl carbamates (subject to hydrolysis) is 2. The number of nitrogens with one attached hydrogen (secondary N) is 2. The lowest BCUT2D eigenvalue weighted by atomic mass is 9.98. The molecule has 0 aromatic heterocycles. The summed E-state index contributed by atoms with van der Waals surface area (Å²) in [5.41, 5.74) is 5.48. The maximum atomic E-state index is 12.2. The number of amides is 2. The summed E-state index contributed by atoms with van der Waals surface area (Å²) in [7, 11) is 0. The van der Waals surface area contributed by atoms with E-state index >= 15 is 0 Å². The molecule has 2 N–H and O–H groups in total. The van der Waals surface area contributed by atoms with Crippen molar-refractivity contribution in [2.45, 2.75) is 104 Å². The van der Waals surface area contributed by atoms with Gasteiger partial charge in [0.2, 0.25) is 0 Å². The summed E-state index contributed by atoms with van der Waals surface area (Å²) < 4.78 is 20.6. The molecule has 10 nitrogen and oxygen atoms in total. The molecule has 0 spiro atoms. The molecule has 0 saturated carbocycles. The minimum atomic E-state index is -0.600. The molecule has 310 valence electrons. The molecule has 2 atom stereocenters. The summed E-state index contributed by atoms with van der Waals surface area (Å²) in [5, 5.41) is 5.71. The molecule has 4 rings (SSSR count). The van der Waals surface area contributed by atoms with Gasteiger partial charge in [0, 0.05) is 18.5 Å². The highest BCUT2D eigenvalue weighted by atomic mass is 16.6. The minimum Gasteiger partial charge on any atom is -0.466 e. The van der Waals surface area contributed by atoms with E-state index in [1.165, 1.54) is 6.08 Å². The standard InChI is InChI=1S/C24H31NO4.C24H29NO4/c2*1-5-28-22(26)16-15-21(25-23(27)29-24(2,3)4)17-18-11-13-20(14-12-18)19-9-7-6-8-10-19/h6-14,21H,5,15-17H2,1-4H3,(H,25,27);6-16,21H,5,17H2,1-4H3,(H,25,27). The van der Waals surface area contributed by atoms with Crippen molar-refractivity contribution in [1.29, 1.82) is 0 Å². The average molecular weight is 793 g/mol. The number of esters is 2. The highest BCUT2D eigenvalue weighted by Crippen LogP contribution is 2.22. The normalized spacial score (nSPS) is 12.3. The van der Waals surface area contributed by atoms with Crippen LogP contribution in [0.4, 0.5) is 9.59 Å². The van der Waals surface area contributed by atoms with Crippen LogP contribution in [0.5, 0.6) is 0 Å². The quantitative estimate of drug-likeness (QED) is 0.0692. The van der Waals surface area contributed by atoms with Crippen LogP contribution in [-0.4, -0.2) is 60.6 Å². The van der Waals surface area contributed by atoms with Crippen LogP contribution in [0.2, 0.25) is 0 Å². The first-order valence-electron chi connectivity index (χ1n) is 19.8. The summed E-state index contributed by atoms with van der Waals surface area (Å²) in [4.78, 5) is 47.8. The van der Waals surface area contributed by atoms with Gasteiger partial charge in [-0.3, -0.25) is 4.79 Å². The molecule has 2 amide bonds. The SMILES string of the molecule is CCOC(=O)C=CC(Cc1ccc(-c2ccccc2)cc1)NC(=O)OC(C)(C)C.CCOC(=O)CCC(Cc1ccc(-c2ccccc2)cc1)NC(=O)OC(C)(C)C. The van der Waals surface area contributed by atoms with Crippen molar-refractivity contribution in [2.75, 3.05) is 13.2 Å². The molecule has 4 aromatic rings. The number of carbonyl (C=O) groups excluding carboxylic acids is 4. The summed E-state index contributed by atoms with van der Waals surface area (Å²) in [5.74, 6) is -0.703. The Morgan fingerprint density at radius 2 is 1.00 bits per heavy atom. The number of carbonyl (C=O) groups is 4. The first-order valence-corrected chi connectivity index (χ1v) is 19.8. The topological polar surface area (TPSA) is 129 Å². The fraction of sp³-hybridized carbons (Fsp3) is 0.375. The van der Waals surface area contributed by atoms with Crippen molar-refractivity contribution in [3.63, 3.8) is 0 Å². The Kier molecular flexibility index (Phi) is 18.7. The molecule has 2 unspecified atom stereocenters. The highest BCUT2D eigenvalue weighted by Gasteiger charge is 2.21. The largest absolute Gasteiger partial charge is 0.466 e. The van der Waals surface area contributed by atoms with Crippen molar-refractivity contribution in [3.05, 3.63) is 132 Å². The van der Waals surface area contributed by atoms with Gasteiger partial charge >= 0.3 is 24.1 Å². The van der Waals surface area contributed by atoms with Gasteiger partial charge in [0.1, 0.15) is 11.2 Å². The van der Waals surface area contributed by atoms with Crippen LogP contribution < -0.4 is 10.6 Å². The molecule has 0 aliphatic heterocycles. The zero-order valence-electron chi connectivity index (χ0n) is 35.2. The highest BCUT2D eigenvalue weighted by molar-refractivity contribution is 5.82. The van der Waals surface area contributed by atoms with Crippen LogP contribution in [0.1, 0.15) is 79.4 Å². The van der Waals surface area contributed by atoms with Gasteiger partial charge in [-0.2, -0.15) is 0 Å². The zero-order valence-corrected chi connectivity index (χ0v) is 35.2. The van der Waals surface area contributed by atoms with Gasteiger partial charge in [-0.05, 0) is 108 Å². The molecule has 0 aliphatic rings. The van der Waals surface area contributed by atoms with E-state index in [9.17, 15) is 19.2 Å².